The summed E-state index contributed by atoms with van der Waals surface area (Å²) >= 11 is 0. The van der Waals surface area contributed by atoms with Crippen LogP contribution in [0, 0.1) is 0 Å². The molecule has 0 saturated carbocycles. The van der Waals surface area contributed by atoms with Crippen LogP contribution in [-0.4, -0.2) is 70.0 Å². The van der Waals surface area contributed by atoms with E-state index in [1.807, 2.05) is 20.8 Å². The van der Waals surface area contributed by atoms with Crippen LogP contribution in [-0.2, 0) is 4.74 Å². The molecule has 2 rings (SSSR count). The predicted molar refractivity (Wildman–Crippen MR) is 86.1 cm³/mol. The predicted octanol–water partition coefficient (Wildman–Crippen LogP) is 0.458. The van der Waals surface area contributed by atoms with E-state index < -0.39 is 17.8 Å². The molecular weight excluding hydrogens is 298 g/mol. The number of nitrogens with one attached hydrogen (secondary N) is 2. The molecule has 8 nitrogen and oxygen atoms in total. The number of β-amino-alcohol motifs (C(OH)–C–C–N with tert-alkyl or cyclic N) is 1. The van der Waals surface area contributed by atoms with Crippen molar-refractivity contribution in [3.05, 3.63) is 18.6 Å². The lowest BCUT2D eigenvalue weighted by molar-refractivity contribution is 0.0270. The third-order valence-electron chi connectivity index (χ3n) is 3.34. The number of carbonyl (C=O) groups is 1. The fourth-order valence-corrected chi connectivity index (χ4v) is 2.30. The van der Waals surface area contributed by atoms with Crippen LogP contribution in [0.1, 0.15) is 20.8 Å². The summed E-state index contributed by atoms with van der Waals surface area (Å²) in [5, 5.41) is 16.4. The fraction of sp³-hybridized carbons (Fsp3) is 0.667. The smallest absolute Gasteiger partial charge is 0.410 e. The quantitative estimate of drug-likeness (QED) is 0.677. The summed E-state index contributed by atoms with van der Waals surface area (Å²) in [5.74, 6) is 0.705. The molecule has 3 N–H and O–H groups in total. The Labute approximate surface area is 136 Å². The summed E-state index contributed by atoms with van der Waals surface area (Å²) in [6.07, 6.45) is 3.89. The standard InChI is InChI=1S/C15H25N5O3/c1-15(2,3)23-14(22)20-9-11(12(21)10-20)17-6-7-19-13-8-16-4-5-18-13/h4-5,8,11-12,17,21H,6-7,9-10H2,1-3H3,(H,18,19)/t11-,12-/m1/s1. The molecule has 8 heteroatoms. The van der Waals surface area contributed by atoms with Gasteiger partial charge in [-0.2, -0.15) is 0 Å². The minimum absolute atomic E-state index is 0.161. The Bertz CT molecular complexity index is 506. The average Bonchev–Trinajstić information content (AvgIpc) is 2.84. The Kier molecular flexibility index (Phi) is 5.73. The van der Waals surface area contributed by atoms with Crippen molar-refractivity contribution in [3.8, 4) is 0 Å². The SMILES string of the molecule is CC(C)(C)OC(=O)N1C[C@@H](O)[C@H](NCCNc2cnccn2)C1. The molecule has 0 bridgehead atoms. The van der Waals surface area contributed by atoms with Crippen LogP contribution in [0.25, 0.3) is 0 Å². The first-order valence-electron chi connectivity index (χ1n) is 7.74. The molecule has 1 aliphatic heterocycles. The molecular formula is C15H25N5O3. The number of amides is 1. The zero-order valence-electron chi connectivity index (χ0n) is 13.8. The van der Waals surface area contributed by atoms with Crippen LogP contribution in [0.2, 0.25) is 0 Å². The third kappa shape index (κ3) is 5.65. The molecule has 0 spiro atoms. The molecule has 0 unspecified atom stereocenters. The number of anilines is 1. The number of likely N-dealkylation sites (tertiary alicyclic amines) is 1. The topological polar surface area (TPSA) is 99.6 Å². The third-order valence-corrected chi connectivity index (χ3v) is 3.34. The number of rotatable bonds is 5. The average molecular weight is 323 g/mol. The van der Waals surface area contributed by atoms with Crippen molar-refractivity contribution >= 4 is 11.9 Å². The van der Waals surface area contributed by atoms with Gasteiger partial charge in [0.15, 0.2) is 0 Å². The number of aliphatic hydroxyl groups excluding tert-OH is 1. The molecule has 1 amide bonds. The van der Waals surface area contributed by atoms with Gasteiger partial charge in [0, 0.05) is 32.0 Å². The van der Waals surface area contributed by atoms with E-state index in [1.165, 1.54) is 4.90 Å². The van der Waals surface area contributed by atoms with E-state index in [0.29, 0.717) is 25.5 Å². The monoisotopic (exact) mass is 323 g/mol. The van der Waals surface area contributed by atoms with Crippen LogP contribution in [0.15, 0.2) is 18.6 Å². The molecule has 2 heterocycles. The van der Waals surface area contributed by atoms with E-state index in [1.54, 1.807) is 18.6 Å². The Morgan fingerprint density at radius 1 is 1.39 bits per heavy atom. The zero-order chi connectivity index (χ0) is 16.9. The molecule has 128 valence electrons. The Morgan fingerprint density at radius 2 is 2.17 bits per heavy atom. The molecule has 23 heavy (non-hydrogen) atoms. The summed E-state index contributed by atoms with van der Waals surface area (Å²) in [5.41, 5.74) is -0.534. The van der Waals surface area contributed by atoms with Crippen LogP contribution in [0.4, 0.5) is 10.6 Å². The minimum atomic E-state index is -0.598. The normalized spacial score (nSPS) is 21.3. The van der Waals surface area contributed by atoms with E-state index in [4.69, 9.17) is 4.74 Å². The molecule has 1 fully saturated rings. The molecule has 1 saturated heterocycles. The van der Waals surface area contributed by atoms with Crippen LogP contribution < -0.4 is 10.6 Å². The summed E-state index contributed by atoms with van der Waals surface area (Å²) in [7, 11) is 0. The number of ether oxygens (including phenoxy) is 1. The minimum Gasteiger partial charge on any atom is -0.444 e. The van der Waals surface area contributed by atoms with Gasteiger partial charge < -0.3 is 25.4 Å². The van der Waals surface area contributed by atoms with E-state index >= 15 is 0 Å². The van der Waals surface area contributed by atoms with E-state index in [-0.39, 0.29) is 12.6 Å². The molecule has 2 atom stereocenters. The van der Waals surface area contributed by atoms with Gasteiger partial charge in [0.25, 0.3) is 0 Å². The first-order chi connectivity index (χ1) is 10.8. The van der Waals surface area contributed by atoms with Crippen molar-refractivity contribution in [2.24, 2.45) is 0 Å². The fourth-order valence-electron chi connectivity index (χ4n) is 2.30. The molecule has 1 aliphatic rings. The van der Waals surface area contributed by atoms with Crippen molar-refractivity contribution in [2.75, 3.05) is 31.5 Å². The molecule has 0 aliphatic carbocycles. The van der Waals surface area contributed by atoms with Gasteiger partial charge in [-0.3, -0.25) is 4.98 Å². The van der Waals surface area contributed by atoms with Gasteiger partial charge in [-0.1, -0.05) is 0 Å². The number of hydrogen-bond acceptors (Lipinski definition) is 7. The highest BCUT2D eigenvalue weighted by atomic mass is 16.6. The van der Waals surface area contributed by atoms with Crippen LogP contribution in [0.3, 0.4) is 0 Å². The number of carbonyl (C=O) groups excluding carboxylic acids is 1. The molecule has 0 aromatic carbocycles. The molecule has 0 radical (unpaired) electrons. The van der Waals surface area contributed by atoms with Crippen molar-refractivity contribution in [2.45, 2.75) is 38.5 Å². The van der Waals surface area contributed by atoms with Gasteiger partial charge in [-0.25, -0.2) is 9.78 Å². The van der Waals surface area contributed by atoms with Crippen LogP contribution >= 0.6 is 0 Å². The second-order valence-electron chi connectivity index (χ2n) is 6.53. The Morgan fingerprint density at radius 3 is 2.83 bits per heavy atom. The largest absolute Gasteiger partial charge is 0.444 e. The second kappa shape index (κ2) is 7.56. The maximum Gasteiger partial charge on any atom is 0.410 e. The number of nitrogens with zero attached hydrogens (tertiary/aromatic N) is 3. The van der Waals surface area contributed by atoms with Crippen molar-refractivity contribution < 1.29 is 14.6 Å². The van der Waals surface area contributed by atoms with Gasteiger partial charge in [0.1, 0.15) is 11.4 Å². The van der Waals surface area contributed by atoms with Crippen molar-refractivity contribution in [1.82, 2.24) is 20.2 Å². The van der Waals surface area contributed by atoms with Crippen LogP contribution in [0.5, 0.6) is 0 Å². The maximum absolute atomic E-state index is 12.0. The lowest BCUT2D eigenvalue weighted by atomic mass is 10.2. The summed E-state index contributed by atoms with van der Waals surface area (Å²) in [6.45, 7) is 7.47. The van der Waals surface area contributed by atoms with Gasteiger partial charge in [-0.05, 0) is 20.8 Å². The van der Waals surface area contributed by atoms with Gasteiger partial charge in [0.2, 0.25) is 0 Å². The summed E-state index contributed by atoms with van der Waals surface area (Å²) < 4.78 is 5.32. The highest BCUT2D eigenvalue weighted by Gasteiger charge is 2.35. The Hall–Kier alpha value is -1.93. The van der Waals surface area contributed by atoms with E-state index in [9.17, 15) is 9.90 Å². The first-order valence-corrected chi connectivity index (χ1v) is 7.74. The second-order valence-corrected chi connectivity index (χ2v) is 6.53. The van der Waals surface area contributed by atoms with Gasteiger partial charge in [0.05, 0.1) is 24.9 Å². The maximum atomic E-state index is 12.0. The Balaban J connectivity index is 1.71. The van der Waals surface area contributed by atoms with Crippen molar-refractivity contribution in [1.29, 1.82) is 0 Å². The van der Waals surface area contributed by atoms with E-state index in [2.05, 4.69) is 20.6 Å². The van der Waals surface area contributed by atoms with Gasteiger partial charge in [-0.15, -0.1) is 0 Å². The zero-order valence-corrected chi connectivity index (χ0v) is 13.8. The number of aromatic nitrogens is 2. The molecule has 1 aromatic rings. The summed E-state index contributed by atoms with van der Waals surface area (Å²) in [6, 6.07) is -0.161. The number of hydrogen-bond donors (Lipinski definition) is 3. The van der Waals surface area contributed by atoms with Gasteiger partial charge >= 0.3 is 6.09 Å². The highest BCUT2D eigenvalue weighted by Crippen LogP contribution is 2.15. The highest BCUT2D eigenvalue weighted by molar-refractivity contribution is 5.68. The summed E-state index contributed by atoms with van der Waals surface area (Å²) in [4.78, 5) is 21.6. The lowest BCUT2D eigenvalue weighted by Crippen LogP contribution is -2.42. The first kappa shape index (κ1) is 17.4. The van der Waals surface area contributed by atoms with Crippen molar-refractivity contribution in [3.63, 3.8) is 0 Å². The number of aliphatic hydroxyl groups is 1. The lowest BCUT2D eigenvalue weighted by Gasteiger charge is -2.24. The van der Waals surface area contributed by atoms with E-state index in [0.717, 1.165) is 0 Å². The molecule has 1 aromatic heterocycles.